The Morgan fingerprint density at radius 3 is 2.46 bits per heavy atom. The maximum absolute atomic E-state index is 13.6. The van der Waals surface area contributed by atoms with Crippen LogP contribution in [0, 0.1) is 5.82 Å². The Morgan fingerprint density at radius 2 is 1.85 bits per heavy atom. The Morgan fingerprint density at radius 1 is 1.12 bits per heavy atom. The SMILES string of the molecule is CCCNC(=O)c1ccc(NC(=O)CCc2ccc(OC)c(F)c2)cc1. The molecule has 0 saturated carbocycles. The fourth-order valence-corrected chi connectivity index (χ4v) is 2.39. The highest BCUT2D eigenvalue weighted by Crippen LogP contribution is 2.18. The molecule has 0 aromatic heterocycles. The smallest absolute Gasteiger partial charge is 0.251 e. The van der Waals surface area contributed by atoms with Crippen LogP contribution in [0.2, 0.25) is 0 Å². The van der Waals surface area contributed by atoms with Crippen molar-refractivity contribution in [3.8, 4) is 5.75 Å². The molecule has 26 heavy (non-hydrogen) atoms. The number of methoxy groups -OCH3 is 1. The minimum absolute atomic E-state index is 0.133. The third-order valence-electron chi connectivity index (χ3n) is 3.82. The summed E-state index contributed by atoms with van der Waals surface area (Å²) in [6.07, 6.45) is 1.52. The highest BCUT2D eigenvalue weighted by atomic mass is 19.1. The van der Waals surface area contributed by atoms with Crippen molar-refractivity contribution in [2.75, 3.05) is 19.0 Å². The lowest BCUT2D eigenvalue weighted by Gasteiger charge is -2.08. The second kappa shape index (κ2) is 9.56. The summed E-state index contributed by atoms with van der Waals surface area (Å²) >= 11 is 0. The van der Waals surface area contributed by atoms with Crippen molar-refractivity contribution in [2.24, 2.45) is 0 Å². The molecule has 2 aromatic rings. The van der Waals surface area contributed by atoms with E-state index in [1.165, 1.54) is 13.2 Å². The third kappa shape index (κ3) is 5.58. The molecule has 0 radical (unpaired) electrons. The van der Waals surface area contributed by atoms with E-state index in [4.69, 9.17) is 4.74 Å². The molecule has 0 fully saturated rings. The van der Waals surface area contributed by atoms with E-state index in [1.807, 2.05) is 6.92 Å². The van der Waals surface area contributed by atoms with Crippen LogP contribution in [0.15, 0.2) is 42.5 Å². The zero-order chi connectivity index (χ0) is 18.9. The average Bonchev–Trinajstić information content (AvgIpc) is 2.65. The van der Waals surface area contributed by atoms with Gasteiger partial charge in [-0.3, -0.25) is 9.59 Å². The normalized spacial score (nSPS) is 10.3. The summed E-state index contributed by atoms with van der Waals surface area (Å²) in [6.45, 7) is 2.61. The van der Waals surface area contributed by atoms with Gasteiger partial charge in [-0.2, -0.15) is 0 Å². The molecule has 0 saturated heterocycles. The number of aryl methyl sites for hydroxylation is 1. The van der Waals surface area contributed by atoms with Gasteiger partial charge in [0.2, 0.25) is 5.91 Å². The quantitative estimate of drug-likeness (QED) is 0.758. The maximum Gasteiger partial charge on any atom is 0.251 e. The van der Waals surface area contributed by atoms with E-state index in [1.54, 1.807) is 36.4 Å². The van der Waals surface area contributed by atoms with Gasteiger partial charge in [-0.25, -0.2) is 4.39 Å². The van der Waals surface area contributed by atoms with Crippen molar-refractivity contribution in [1.29, 1.82) is 0 Å². The van der Waals surface area contributed by atoms with Crippen molar-refractivity contribution >= 4 is 17.5 Å². The Kier molecular flexibility index (Phi) is 7.14. The third-order valence-corrected chi connectivity index (χ3v) is 3.82. The molecule has 0 aliphatic heterocycles. The number of rotatable bonds is 8. The predicted molar refractivity (Wildman–Crippen MR) is 99.0 cm³/mol. The van der Waals surface area contributed by atoms with Crippen molar-refractivity contribution in [2.45, 2.75) is 26.2 Å². The Hall–Kier alpha value is -2.89. The van der Waals surface area contributed by atoms with Gasteiger partial charge < -0.3 is 15.4 Å². The van der Waals surface area contributed by atoms with Crippen molar-refractivity contribution in [3.63, 3.8) is 0 Å². The summed E-state index contributed by atoms with van der Waals surface area (Å²) in [6, 6.07) is 11.4. The minimum Gasteiger partial charge on any atom is -0.494 e. The van der Waals surface area contributed by atoms with E-state index in [9.17, 15) is 14.0 Å². The van der Waals surface area contributed by atoms with Gasteiger partial charge in [-0.15, -0.1) is 0 Å². The van der Waals surface area contributed by atoms with Crippen LogP contribution in [0.1, 0.15) is 35.7 Å². The van der Waals surface area contributed by atoms with Crippen LogP contribution in [0.5, 0.6) is 5.75 Å². The van der Waals surface area contributed by atoms with Crippen LogP contribution in [0.4, 0.5) is 10.1 Å². The molecule has 0 bridgehead atoms. The van der Waals surface area contributed by atoms with Crippen molar-refractivity contribution in [1.82, 2.24) is 5.32 Å². The summed E-state index contributed by atoms with van der Waals surface area (Å²) in [5, 5.41) is 5.56. The number of hydrogen-bond donors (Lipinski definition) is 2. The Bertz CT molecular complexity index is 760. The average molecular weight is 358 g/mol. The van der Waals surface area contributed by atoms with Crippen LogP contribution in [-0.4, -0.2) is 25.5 Å². The van der Waals surface area contributed by atoms with E-state index in [2.05, 4.69) is 10.6 Å². The van der Waals surface area contributed by atoms with Gasteiger partial charge >= 0.3 is 0 Å². The van der Waals surface area contributed by atoms with Gasteiger partial charge in [0.1, 0.15) is 0 Å². The van der Waals surface area contributed by atoms with Crippen molar-refractivity contribution in [3.05, 3.63) is 59.4 Å². The largest absolute Gasteiger partial charge is 0.494 e. The molecule has 2 N–H and O–H groups in total. The van der Waals surface area contributed by atoms with Crippen LogP contribution in [0.3, 0.4) is 0 Å². The lowest BCUT2D eigenvalue weighted by atomic mass is 10.1. The summed E-state index contributed by atoms with van der Waals surface area (Å²) in [5.41, 5.74) is 1.88. The number of nitrogens with one attached hydrogen (secondary N) is 2. The first-order chi connectivity index (χ1) is 12.5. The first-order valence-corrected chi connectivity index (χ1v) is 8.54. The molecule has 0 aliphatic carbocycles. The summed E-state index contributed by atoms with van der Waals surface area (Å²) in [4.78, 5) is 23.9. The minimum atomic E-state index is -0.442. The van der Waals surface area contributed by atoms with Crippen LogP contribution in [0.25, 0.3) is 0 Å². The fraction of sp³-hybridized carbons (Fsp3) is 0.300. The number of carbonyl (C=O) groups excluding carboxylic acids is 2. The van der Waals surface area contributed by atoms with Crippen LogP contribution >= 0.6 is 0 Å². The molecule has 2 rings (SSSR count). The van der Waals surface area contributed by atoms with Gasteiger partial charge in [0.15, 0.2) is 11.6 Å². The van der Waals surface area contributed by atoms with Gasteiger partial charge in [-0.1, -0.05) is 13.0 Å². The zero-order valence-corrected chi connectivity index (χ0v) is 15.0. The first kappa shape index (κ1) is 19.4. The molecular formula is C20H23FN2O3. The molecule has 0 spiro atoms. The van der Waals surface area contributed by atoms with E-state index >= 15 is 0 Å². The monoisotopic (exact) mass is 358 g/mol. The van der Waals surface area contributed by atoms with E-state index in [-0.39, 0.29) is 24.0 Å². The molecular weight excluding hydrogens is 335 g/mol. The summed E-state index contributed by atoms with van der Waals surface area (Å²) in [7, 11) is 1.41. The second-order valence-electron chi connectivity index (χ2n) is 5.85. The number of halogens is 1. The lowest BCUT2D eigenvalue weighted by Crippen LogP contribution is -2.23. The van der Waals surface area contributed by atoms with E-state index in [0.29, 0.717) is 24.2 Å². The molecule has 2 amide bonds. The fourth-order valence-electron chi connectivity index (χ4n) is 2.39. The molecule has 0 atom stereocenters. The molecule has 2 aromatic carbocycles. The lowest BCUT2D eigenvalue weighted by molar-refractivity contribution is -0.116. The summed E-state index contributed by atoms with van der Waals surface area (Å²) < 4.78 is 18.5. The van der Waals surface area contributed by atoms with Gasteiger partial charge in [0.05, 0.1) is 7.11 Å². The molecule has 0 aliphatic rings. The molecule has 0 heterocycles. The standard InChI is InChI=1S/C20H23FN2O3/c1-3-12-22-20(25)15-6-8-16(9-7-15)23-19(24)11-5-14-4-10-18(26-2)17(21)13-14/h4,6-10,13H,3,5,11-12H2,1-2H3,(H,22,25)(H,23,24). The zero-order valence-electron chi connectivity index (χ0n) is 15.0. The first-order valence-electron chi connectivity index (χ1n) is 8.54. The Labute approximate surface area is 152 Å². The van der Waals surface area contributed by atoms with Crippen LogP contribution < -0.4 is 15.4 Å². The number of ether oxygens (including phenoxy) is 1. The number of anilines is 1. The number of amides is 2. The molecule has 6 heteroatoms. The predicted octanol–water partition coefficient (Wildman–Crippen LogP) is 3.55. The van der Waals surface area contributed by atoms with Gasteiger partial charge in [0.25, 0.3) is 5.91 Å². The molecule has 5 nitrogen and oxygen atoms in total. The highest BCUT2D eigenvalue weighted by Gasteiger charge is 2.08. The Balaban J connectivity index is 1.85. The summed E-state index contributed by atoms with van der Waals surface area (Å²) in [5.74, 6) is -0.570. The number of carbonyl (C=O) groups is 2. The van der Waals surface area contributed by atoms with Crippen LogP contribution in [-0.2, 0) is 11.2 Å². The van der Waals surface area contributed by atoms with Gasteiger partial charge in [-0.05, 0) is 54.8 Å². The van der Waals surface area contributed by atoms with E-state index in [0.717, 1.165) is 12.0 Å². The topological polar surface area (TPSA) is 67.4 Å². The molecule has 0 unspecified atom stereocenters. The van der Waals surface area contributed by atoms with E-state index < -0.39 is 5.82 Å². The second-order valence-corrected chi connectivity index (χ2v) is 5.85. The highest BCUT2D eigenvalue weighted by molar-refractivity contribution is 5.95. The number of hydrogen-bond acceptors (Lipinski definition) is 3. The van der Waals surface area contributed by atoms with Crippen molar-refractivity contribution < 1.29 is 18.7 Å². The number of benzene rings is 2. The molecule has 138 valence electrons. The van der Waals surface area contributed by atoms with Gasteiger partial charge in [0, 0.05) is 24.2 Å². The maximum atomic E-state index is 13.6.